The van der Waals surface area contributed by atoms with Crippen LogP contribution in [0.1, 0.15) is 27.2 Å². The van der Waals surface area contributed by atoms with Gasteiger partial charge in [-0.05, 0) is 19.3 Å². The number of carbonyl (C=O) groups excluding carboxylic acids is 1. The van der Waals surface area contributed by atoms with Crippen molar-refractivity contribution in [2.24, 2.45) is 5.92 Å². The van der Waals surface area contributed by atoms with E-state index in [-0.39, 0.29) is 5.91 Å². The Bertz CT molecular complexity index is 218. The molecule has 0 aliphatic carbocycles. The minimum absolute atomic E-state index is 0.162. The summed E-state index contributed by atoms with van der Waals surface area (Å²) >= 11 is 0. The molecule has 0 aromatic rings. The molecule has 1 heterocycles. The summed E-state index contributed by atoms with van der Waals surface area (Å²) < 4.78 is 0. The molecule has 0 radical (unpaired) electrons. The van der Waals surface area contributed by atoms with Gasteiger partial charge in [-0.3, -0.25) is 9.69 Å². The van der Waals surface area contributed by atoms with Crippen molar-refractivity contribution in [1.82, 2.24) is 15.5 Å². The van der Waals surface area contributed by atoms with Crippen LogP contribution in [0.5, 0.6) is 0 Å². The summed E-state index contributed by atoms with van der Waals surface area (Å²) in [6.45, 7) is 10.8. The fourth-order valence-electron chi connectivity index (χ4n) is 1.92. The summed E-state index contributed by atoms with van der Waals surface area (Å²) in [6, 6.07) is 0.497. The number of hydrogen-bond donors (Lipinski definition) is 2. The van der Waals surface area contributed by atoms with Crippen molar-refractivity contribution in [2.45, 2.75) is 33.2 Å². The topological polar surface area (TPSA) is 44.4 Å². The maximum atomic E-state index is 11.6. The van der Waals surface area contributed by atoms with Gasteiger partial charge in [-0.25, -0.2) is 0 Å². The summed E-state index contributed by atoms with van der Waals surface area (Å²) in [4.78, 5) is 13.8. The van der Waals surface area contributed by atoms with Gasteiger partial charge in [0.1, 0.15) is 0 Å². The molecule has 0 spiro atoms. The van der Waals surface area contributed by atoms with Gasteiger partial charge in [-0.15, -0.1) is 0 Å². The number of amides is 1. The maximum absolute atomic E-state index is 11.6. The molecule has 1 aliphatic rings. The van der Waals surface area contributed by atoms with Crippen LogP contribution in [0.25, 0.3) is 0 Å². The average molecular weight is 227 g/mol. The Morgan fingerprint density at radius 3 is 2.94 bits per heavy atom. The second-order valence-corrected chi connectivity index (χ2v) is 5.12. The van der Waals surface area contributed by atoms with Gasteiger partial charge in [0.05, 0.1) is 6.54 Å². The van der Waals surface area contributed by atoms with Crippen LogP contribution in [0, 0.1) is 5.92 Å². The van der Waals surface area contributed by atoms with E-state index in [1.807, 2.05) is 0 Å². The molecule has 1 aliphatic heterocycles. The van der Waals surface area contributed by atoms with Crippen molar-refractivity contribution >= 4 is 5.91 Å². The van der Waals surface area contributed by atoms with E-state index in [1.165, 1.54) is 0 Å². The SMILES string of the molecule is CC(C)CCNC(=O)CN1CCN[C@@H](C)C1. The molecule has 2 N–H and O–H groups in total. The first-order valence-corrected chi connectivity index (χ1v) is 6.30. The molecule has 94 valence electrons. The molecule has 16 heavy (non-hydrogen) atoms. The van der Waals surface area contributed by atoms with Crippen LogP contribution in [0.4, 0.5) is 0 Å². The zero-order valence-electron chi connectivity index (χ0n) is 10.8. The predicted molar refractivity (Wildman–Crippen MR) is 66.4 cm³/mol. The molecule has 0 aromatic carbocycles. The van der Waals surface area contributed by atoms with E-state index >= 15 is 0 Å². The summed E-state index contributed by atoms with van der Waals surface area (Å²) in [7, 11) is 0. The van der Waals surface area contributed by atoms with Gasteiger partial charge in [0.15, 0.2) is 0 Å². The normalized spacial score (nSPS) is 22.4. The van der Waals surface area contributed by atoms with Crippen LogP contribution in [-0.2, 0) is 4.79 Å². The predicted octanol–water partition coefficient (Wildman–Crippen LogP) is 0.442. The van der Waals surface area contributed by atoms with Crippen molar-refractivity contribution in [1.29, 1.82) is 0 Å². The van der Waals surface area contributed by atoms with E-state index in [4.69, 9.17) is 0 Å². The number of nitrogens with one attached hydrogen (secondary N) is 2. The third-order valence-corrected chi connectivity index (χ3v) is 2.86. The standard InChI is InChI=1S/C12H25N3O/c1-10(2)4-5-14-12(16)9-15-7-6-13-11(3)8-15/h10-11,13H,4-9H2,1-3H3,(H,14,16)/t11-/m0/s1. The van der Waals surface area contributed by atoms with Crippen LogP contribution in [-0.4, -0.2) is 49.6 Å². The summed E-state index contributed by atoms with van der Waals surface area (Å²) in [5.74, 6) is 0.814. The van der Waals surface area contributed by atoms with Crippen molar-refractivity contribution in [3.63, 3.8) is 0 Å². The van der Waals surface area contributed by atoms with Crippen LogP contribution in [0.2, 0.25) is 0 Å². The second kappa shape index (κ2) is 6.86. The molecule has 1 atom stereocenters. The molecule has 4 nitrogen and oxygen atoms in total. The lowest BCUT2D eigenvalue weighted by Crippen LogP contribution is -2.51. The molecular weight excluding hydrogens is 202 g/mol. The largest absolute Gasteiger partial charge is 0.355 e. The Hall–Kier alpha value is -0.610. The lowest BCUT2D eigenvalue weighted by atomic mass is 10.1. The zero-order valence-corrected chi connectivity index (χ0v) is 10.8. The number of hydrogen-bond acceptors (Lipinski definition) is 3. The molecular formula is C12H25N3O. The average Bonchev–Trinajstić information content (AvgIpc) is 2.16. The highest BCUT2D eigenvalue weighted by atomic mass is 16.2. The fourth-order valence-corrected chi connectivity index (χ4v) is 1.92. The van der Waals surface area contributed by atoms with E-state index in [9.17, 15) is 4.79 Å². The van der Waals surface area contributed by atoms with Gasteiger partial charge in [0, 0.05) is 32.2 Å². The molecule has 1 fully saturated rings. The van der Waals surface area contributed by atoms with Gasteiger partial charge in [-0.2, -0.15) is 0 Å². The molecule has 0 aromatic heterocycles. The van der Waals surface area contributed by atoms with Gasteiger partial charge in [0.2, 0.25) is 5.91 Å². The zero-order chi connectivity index (χ0) is 12.0. The van der Waals surface area contributed by atoms with Crippen molar-refractivity contribution in [2.75, 3.05) is 32.7 Å². The first kappa shape index (κ1) is 13.5. The van der Waals surface area contributed by atoms with Crippen molar-refractivity contribution < 1.29 is 4.79 Å². The third kappa shape index (κ3) is 5.47. The highest BCUT2D eigenvalue weighted by molar-refractivity contribution is 5.77. The summed E-state index contributed by atoms with van der Waals surface area (Å²) in [6.07, 6.45) is 1.06. The number of nitrogens with zero attached hydrogens (tertiary/aromatic N) is 1. The summed E-state index contributed by atoms with van der Waals surface area (Å²) in [5.41, 5.74) is 0. The lowest BCUT2D eigenvalue weighted by Gasteiger charge is -2.31. The number of piperazine rings is 1. The Kier molecular flexibility index (Phi) is 5.77. The van der Waals surface area contributed by atoms with E-state index in [2.05, 4.69) is 36.3 Å². The smallest absolute Gasteiger partial charge is 0.234 e. The minimum atomic E-state index is 0.162. The quantitative estimate of drug-likeness (QED) is 0.716. The first-order valence-electron chi connectivity index (χ1n) is 6.30. The maximum Gasteiger partial charge on any atom is 0.234 e. The number of carbonyl (C=O) groups is 1. The van der Waals surface area contributed by atoms with Gasteiger partial charge < -0.3 is 10.6 Å². The Labute approximate surface area is 98.8 Å². The van der Waals surface area contributed by atoms with Crippen LogP contribution in [0.3, 0.4) is 0 Å². The molecule has 1 rings (SSSR count). The first-order chi connectivity index (χ1) is 7.58. The monoisotopic (exact) mass is 227 g/mol. The van der Waals surface area contributed by atoms with E-state index in [1.54, 1.807) is 0 Å². The van der Waals surface area contributed by atoms with Crippen LogP contribution >= 0.6 is 0 Å². The van der Waals surface area contributed by atoms with Gasteiger partial charge in [-0.1, -0.05) is 13.8 Å². The lowest BCUT2D eigenvalue weighted by molar-refractivity contribution is -0.122. The minimum Gasteiger partial charge on any atom is -0.355 e. The van der Waals surface area contributed by atoms with E-state index < -0.39 is 0 Å². The van der Waals surface area contributed by atoms with Gasteiger partial charge >= 0.3 is 0 Å². The van der Waals surface area contributed by atoms with Crippen molar-refractivity contribution in [3.05, 3.63) is 0 Å². The number of rotatable bonds is 5. The van der Waals surface area contributed by atoms with Crippen LogP contribution in [0.15, 0.2) is 0 Å². The Morgan fingerprint density at radius 2 is 2.31 bits per heavy atom. The highest BCUT2D eigenvalue weighted by Gasteiger charge is 2.17. The second-order valence-electron chi connectivity index (χ2n) is 5.12. The summed E-state index contributed by atoms with van der Waals surface area (Å²) in [5, 5.41) is 6.35. The van der Waals surface area contributed by atoms with E-state index in [0.29, 0.717) is 18.5 Å². The molecule has 0 unspecified atom stereocenters. The van der Waals surface area contributed by atoms with Gasteiger partial charge in [0.25, 0.3) is 0 Å². The third-order valence-electron chi connectivity index (χ3n) is 2.86. The fraction of sp³-hybridized carbons (Fsp3) is 0.917. The Balaban J connectivity index is 2.13. The molecule has 4 heteroatoms. The molecule has 1 saturated heterocycles. The Morgan fingerprint density at radius 1 is 1.56 bits per heavy atom. The molecule has 0 bridgehead atoms. The highest BCUT2D eigenvalue weighted by Crippen LogP contribution is 1.98. The molecule has 0 saturated carbocycles. The van der Waals surface area contributed by atoms with Crippen LogP contribution < -0.4 is 10.6 Å². The van der Waals surface area contributed by atoms with E-state index in [0.717, 1.165) is 32.6 Å². The molecule has 1 amide bonds. The van der Waals surface area contributed by atoms with Crippen molar-refractivity contribution in [3.8, 4) is 0 Å².